The van der Waals surface area contributed by atoms with E-state index in [0.29, 0.717) is 19.5 Å². The van der Waals surface area contributed by atoms with Crippen molar-refractivity contribution in [2.75, 3.05) is 52.4 Å². The average Bonchev–Trinajstić information content (AvgIpc) is 3.34. The van der Waals surface area contributed by atoms with Gasteiger partial charge in [-0.15, -0.1) is 11.3 Å². The summed E-state index contributed by atoms with van der Waals surface area (Å²) in [6.45, 7) is 3.03. The number of carbonyl (C=O) groups is 1. The first-order valence-corrected chi connectivity index (χ1v) is 12.9. The summed E-state index contributed by atoms with van der Waals surface area (Å²) in [6, 6.07) is 13.9. The number of hydrogen-bond acceptors (Lipinski definition) is 8. The molecule has 0 unspecified atom stereocenters. The van der Waals surface area contributed by atoms with Crippen LogP contribution in [0.5, 0.6) is 17.2 Å². The van der Waals surface area contributed by atoms with Crippen molar-refractivity contribution in [3.05, 3.63) is 59.1 Å². The molecular formula is C25H29N3O4S2. The zero-order valence-corrected chi connectivity index (χ0v) is 21.3. The first-order chi connectivity index (χ1) is 16.6. The molecule has 34 heavy (non-hydrogen) atoms. The summed E-state index contributed by atoms with van der Waals surface area (Å²) in [4.78, 5) is 21.8. The van der Waals surface area contributed by atoms with E-state index in [0.717, 1.165) is 57.4 Å². The Labute approximate surface area is 208 Å². The normalized spacial score (nSPS) is 13.6. The average molecular weight is 500 g/mol. The number of thioether (sulfide) groups is 1. The number of benzene rings is 2. The Kier molecular flexibility index (Phi) is 8.18. The minimum absolute atomic E-state index is 0.129. The fourth-order valence-electron chi connectivity index (χ4n) is 3.82. The van der Waals surface area contributed by atoms with Gasteiger partial charge < -0.3 is 24.0 Å². The van der Waals surface area contributed by atoms with Crippen molar-refractivity contribution in [1.82, 2.24) is 9.88 Å². The third-order valence-corrected chi connectivity index (χ3v) is 7.83. The lowest BCUT2D eigenvalue weighted by Gasteiger charge is -2.36. The zero-order valence-electron chi connectivity index (χ0n) is 19.7. The maximum absolute atomic E-state index is 12.9. The number of methoxy groups -OCH3 is 3. The summed E-state index contributed by atoms with van der Waals surface area (Å²) in [5.41, 5.74) is 3.06. The van der Waals surface area contributed by atoms with Crippen LogP contribution in [-0.2, 0) is 17.0 Å². The molecule has 0 aliphatic carbocycles. The number of ether oxygens (including phenoxy) is 3. The molecule has 1 saturated heterocycles. The molecule has 7 nitrogen and oxygen atoms in total. The van der Waals surface area contributed by atoms with Gasteiger partial charge in [-0.25, -0.2) is 4.98 Å². The van der Waals surface area contributed by atoms with Crippen LogP contribution in [-0.4, -0.2) is 63.3 Å². The molecule has 2 aromatic carbocycles. The first kappa shape index (κ1) is 24.2. The molecular weight excluding hydrogens is 470 g/mol. The molecule has 0 spiro atoms. The van der Waals surface area contributed by atoms with Gasteiger partial charge in [0, 0.05) is 55.1 Å². The van der Waals surface area contributed by atoms with E-state index in [1.54, 1.807) is 44.4 Å². The molecule has 180 valence electrons. The van der Waals surface area contributed by atoms with Crippen molar-refractivity contribution in [2.45, 2.75) is 16.5 Å². The van der Waals surface area contributed by atoms with Crippen LogP contribution in [0, 0.1) is 0 Å². The van der Waals surface area contributed by atoms with Gasteiger partial charge in [-0.2, -0.15) is 0 Å². The first-order valence-electron chi connectivity index (χ1n) is 11.0. The number of carbonyl (C=O) groups excluding carboxylic acids is 1. The van der Waals surface area contributed by atoms with Crippen molar-refractivity contribution in [1.29, 1.82) is 0 Å². The van der Waals surface area contributed by atoms with Gasteiger partial charge in [-0.05, 0) is 29.8 Å². The van der Waals surface area contributed by atoms with E-state index < -0.39 is 0 Å². The van der Waals surface area contributed by atoms with E-state index in [1.807, 2.05) is 46.7 Å². The highest BCUT2D eigenvalue weighted by atomic mass is 32.2. The van der Waals surface area contributed by atoms with Crippen molar-refractivity contribution >= 4 is 34.7 Å². The van der Waals surface area contributed by atoms with Crippen LogP contribution in [0.3, 0.4) is 0 Å². The highest BCUT2D eigenvalue weighted by Crippen LogP contribution is 2.30. The SMILES string of the molecule is COc1cc(CSc2nc(CC(=O)N3CCN(c4cccc(OC)c4)CC3)cs2)cc(OC)c1. The lowest BCUT2D eigenvalue weighted by Crippen LogP contribution is -2.49. The van der Waals surface area contributed by atoms with Gasteiger partial charge in [-0.3, -0.25) is 4.79 Å². The van der Waals surface area contributed by atoms with E-state index in [-0.39, 0.29) is 5.91 Å². The van der Waals surface area contributed by atoms with E-state index in [2.05, 4.69) is 16.0 Å². The van der Waals surface area contributed by atoms with Gasteiger partial charge >= 0.3 is 0 Å². The molecule has 0 N–H and O–H groups in total. The third-order valence-electron chi connectivity index (χ3n) is 5.69. The van der Waals surface area contributed by atoms with Crippen LogP contribution in [0.15, 0.2) is 52.2 Å². The molecule has 1 aromatic heterocycles. The summed E-state index contributed by atoms with van der Waals surface area (Å²) >= 11 is 3.23. The lowest BCUT2D eigenvalue weighted by molar-refractivity contribution is -0.130. The van der Waals surface area contributed by atoms with Gasteiger partial charge in [0.05, 0.1) is 33.4 Å². The number of thiazole rings is 1. The van der Waals surface area contributed by atoms with Crippen molar-refractivity contribution in [2.24, 2.45) is 0 Å². The van der Waals surface area contributed by atoms with Gasteiger partial charge in [0.15, 0.2) is 0 Å². The predicted octanol–water partition coefficient (Wildman–Crippen LogP) is 4.35. The quantitative estimate of drug-likeness (QED) is 0.406. The molecule has 4 rings (SSSR count). The van der Waals surface area contributed by atoms with E-state index in [1.165, 1.54) is 0 Å². The van der Waals surface area contributed by atoms with Gasteiger partial charge in [0.25, 0.3) is 0 Å². The molecule has 3 aromatic rings. The smallest absolute Gasteiger partial charge is 0.228 e. The van der Waals surface area contributed by atoms with Crippen LogP contribution in [0.1, 0.15) is 11.3 Å². The van der Waals surface area contributed by atoms with E-state index >= 15 is 0 Å². The second-order valence-electron chi connectivity index (χ2n) is 7.86. The number of rotatable bonds is 9. The van der Waals surface area contributed by atoms with Crippen LogP contribution < -0.4 is 19.1 Å². The Balaban J connectivity index is 1.27. The number of hydrogen-bond donors (Lipinski definition) is 0. The largest absolute Gasteiger partial charge is 0.497 e. The number of aromatic nitrogens is 1. The Morgan fingerprint density at radius 3 is 2.35 bits per heavy atom. The summed E-state index contributed by atoms with van der Waals surface area (Å²) < 4.78 is 17.0. The van der Waals surface area contributed by atoms with Crippen LogP contribution in [0.2, 0.25) is 0 Å². The Morgan fingerprint density at radius 1 is 0.971 bits per heavy atom. The minimum Gasteiger partial charge on any atom is -0.497 e. The fourth-order valence-corrected chi connectivity index (χ4v) is 5.59. The van der Waals surface area contributed by atoms with Gasteiger partial charge in [-0.1, -0.05) is 17.8 Å². The molecule has 0 bridgehead atoms. The number of amides is 1. The maximum atomic E-state index is 12.9. The van der Waals surface area contributed by atoms with Crippen LogP contribution in [0.25, 0.3) is 0 Å². The third kappa shape index (κ3) is 6.15. The maximum Gasteiger partial charge on any atom is 0.228 e. The Bertz CT molecular complexity index is 1090. The Hall–Kier alpha value is -2.91. The molecule has 0 radical (unpaired) electrons. The fraction of sp³-hybridized carbons (Fsp3) is 0.360. The minimum atomic E-state index is 0.129. The van der Waals surface area contributed by atoms with Gasteiger partial charge in [0.2, 0.25) is 5.91 Å². The van der Waals surface area contributed by atoms with Crippen LogP contribution >= 0.6 is 23.1 Å². The molecule has 1 amide bonds. The highest BCUT2D eigenvalue weighted by molar-refractivity contribution is 8.00. The number of piperazine rings is 1. The van der Waals surface area contributed by atoms with E-state index in [9.17, 15) is 4.79 Å². The highest BCUT2D eigenvalue weighted by Gasteiger charge is 2.22. The van der Waals surface area contributed by atoms with Gasteiger partial charge in [0.1, 0.15) is 21.6 Å². The predicted molar refractivity (Wildman–Crippen MR) is 137 cm³/mol. The summed E-state index contributed by atoms with van der Waals surface area (Å²) in [7, 11) is 4.97. The second kappa shape index (κ2) is 11.5. The van der Waals surface area contributed by atoms with Crippen LogP contribution in [0.4, 0.5) is 5.69 Å². The number of anilines is 1. The zero-order chi connectivity index (χ0) is 23.9. The monoisotopic (exact) mass is 499 g/mol. The summed E-state index contributed by atoms with van der Waals surface area (Å²) in [6.07, 6.45) is 0.337. The molecule has 1 aliphatic rings. The number of nitrogens with zero attached hydrogens (tertiary/aromatic N) is 3. The molecule has 1 aliphatic heterocycles. The second-order valence-corrected chi connectivity index (χ2v) is 9.94. The lowest BCUT2D eigenvalue weighted by atomic mass is 10.2. The molecule has 1 fully saturated rings. The van der Waals surface area contributed by atoms with Crippen molar-refractivity contribution in [3.63, 3.8) is 0 Å². The summed E-state index contributed by atoms with van der Waals surface area (Å²) in [5.74, 6) is 3.27. The van der Waals surface area contributed by atoms with Crippen molar-refractivity contribution < 1.29 is 19.0 Å². The topological polar surface area (TPSA) is 64.1 Å². The van der Waals surface area contributed by atoms with Crippen molar-refractivity contribution in [3.8, 4) is 17.2 Å². The molecule has 0 atom stereocenters. The summed E-state index contributed by atoms with van der Waals surface area (Å²) in [5, 5.41) is 1.99. The Morgan fingerprint density at radius 2 is 1.68 bits per heavy atom. The molecule has 0 saturated carbocycles. The van der Waals surface area contributed by atoms with E-state index in [4.69, 9.17) is 14.2 Å². The molecule has 2 heterocycles. The standard InChI is InChI=1S/C25H29N3O4S2/c1-30-21-6-4-5-20(14-21)27-7-9-28(10-8-27)24(29)13-19-17-34-25(26-19)33-16-18-11-22(31-2)15-23(12-18)32-3/h4-6,11-12,14-15,17H,7-10,13,16H2,1-3H3. The molecule has 9 heteroatoms.